The van der Waals surface area contributed by atoms with Gasteiger partial charge in [-0.3, -0.25) is 4.90 Å². The molecule has 2 aromatic carbocycles. The zero-order chi connectivity index (χ0) is 25.3. The average Bonchev–Trinajstić information content (AvgIpc) is 3.28. The van der Waals surface area contributed by atoms with Crippen LogP contribution in [-0.4, -0.2) is 37.9 Å². The third kappa shape index (κ3) is 4.85. The minimum atomic E-state index is -0.930. The maximum absolute atomic E-state index is 12.2. The SMILES string of the molecule is CC(C)Oc1ccc(-c2nc(-c3cccc4c3CCC[C@@H]4N(C(=O)O)C(C)(C)C)no2)cc1C#N. The highest BCUT2D eigenvalue weighted by atomic mass is 16.5. The quantitative estimate of drug-likeness (QED) is 0.467. The van der Waals surface area contributed by atoms with Gasteiger partial charge in [0.1, 0.15) is 11.8 Å². The van der Waals surface area contributed by atoms with Gasteiger partial charge in [-0.15, -0.1) is 0 Å². The first-order valence-corrected chi connectivity index (χ1v) is 11.8. The van der Waals surface area contributed by atoms with E-state index < -0.39 is 11.6 Å². The van der Waals surface area contributed by atoms with Crippen LogP contribution >= 0.6 is 0 Å². The number of benzene rings is 2. The number of nitrogens with zero attached hydrogens (tertiary/aromatic N) is 4. The number of hydrogen-bond acceptors (Lipinski definition) is 6. The zero-order valence-corrected chi connectivity index (χ0v) is 20.7. The highest BCUT2D eigenvalue weighted by Gasteiger charge is 2.37. The van der Waals surface area contributed by atoms with E-state index in [1.54, 1.807) is 23.1 Å². The number of rotatable bonds is 5. The Morgan fingerprint density at radius 2 is 2.06 bits per heavy atom. The predicted octanol–water partition coefficient (Wildman–Crippen LogP) is 6.22. The predicted molar refractivity (Wildman–Crippen MR) is 131 cm³/mol. The summed E-state index contributed by atoms with van der Waals surface area (Å²) in [5.74, 6) is 1.26. The van der Waals surface area contributed by atoms with Crippen molar-refractivity contribution in [2.24, 2.45) is 0 Å². The highest BCUT2D eigenvalue weighted by Crippen LogP contribution is 2.41. The van der Waals surface area contributed by atoms with Gasteiger partial charge in [0.05, 0.1) is 17.7 Å². The summed E-state index contributed by atoms with van der Waals surface area (Å²) in [5, 5.41) is 23.7. The molecule has 1 atom stereocenters. The van der Waals surface area contributed by atoms with Crippen molar-refractivity contribution in [3.8, 4) is 34.7 Å². The Balaban J connectivity index is 1.71. The molecule has 0 radical (unpaired) electrons. The van der Waals surface area contributed by atoms with E-state index in [0.717, 1.165) is 36.0 Å². The van der Waals surface area contributed by atoms with Crippen molar-refractivity contribution in [3.63, 3.8) is 0 Å². The Labute approximate surface area is 205 Å². The maximum atomic E-state index is 12.2. The summed E-state index contributed by atoms with van der Waals surface area (Å²) in [4.78, 5) is 18.3. The van der Waals surface area contributed by atoms with Crippen molar-refractivity contribution < 1.29 is 19.2 Å². The van der Waals surface area contributed by atoms with Gasteiger partial charge in [0.15, 0.2) is 0 Å². The molecular weight excluding hydrogens is 444 g/mol. The molecular formula is C27H30N4O4. The van der Waals surface area contributed by atoms with Gasteiger partial charge in [-0.05, 0) is 83.2 Å². The summed E-state index contributed by atoms with van der Waals surface area (Å²) >= 11 is 0. The van der Waals surface area contributed by atoms with Crippen molar-refractivity contribution in [3.05, 3.63) is 53.1 Å². The average molecular weight is 475 g/mol. The lowest BCUT2D eigenvalue weighted by molar-refractivity contribution is 0.0638. The highest BCUT2D eigenvalue weighted by molar-refractivity contribution is 5.69. The van der Waals surface area contributed by atoms with E-state index in [9.17, 15) is 15.2 Å². The Morgan fingerprint density at radius 3 is 2.71 bits per heavy atom. The van der Waals surface area contributed by atoms with Gasteiger partial charge in [-0.25, -0.2) is 4.79 Å². The molecule has 0 bridgehead atoms. The van der Waals surface area contributed by atoms with Gasteiger partial charge in [-0.2, -0.15) is 10.2 Å². The van der Waals surface area contributed by atoms with E-state index in [-0.39, 0.29) is 12.1 Å². The van der Waals surface area contributed by atoms with Crippen LogP contribution in [0.5, 0.6) is 5.75 Å². The summed E-state index contributed by atoms with van der Waals surface area (Å²) in [5.41, 5.74) is 3.35. The molecule has 1 aliphatic carbocycles. The monoisotopic (exact) mass is 474 g/mol. The standard InChI is InChI=1S/C27H30N4O4/c1-16(2)34-23-13-12-17(14-18(23)15-28)25-29-24(30-35-25)21-10-6-9-20-19(21)8-7-11-22(20)31(26(32)33)27(3,4)5/h6,9-10,12-14,16,22H,7-8,11H2,1-5H3,(H,32,33)/t22-/m0/s1. The van der Waals surface area contributed by atoms with Crippen molar-refractivity contribution >= 4 is 6.09 Å². The lowest BCUT2D eigenvalue weighted by atomic mass is 9.82. The van der Waals surface area contributed by atoms with Gasteiger partial charge >= 0.3 is 6.09 Å². The molecule has 1 heterocycles. The van der Waals surface area contributed by atoms with Crippen LogP contribution < -0.4 is 4.74 Å². The number of hydrogen-bond donors (Lipinski definition) is 1. The first kappa shape index (κ1) is 24.3. The van der Waals surface area contributed by atoms with Crippen LogP contribution in [0.25, 0.3) is 22.8 Å². The Bertz CT molecular complexity index is 1280. The molecule has 0 saturated heterocycles. The second-order valence-electron chi connectivity index (χ2n) is 10.0. The van der Waals surface area contributed by atoms with Gasteiger partial charge < -0.3 is 14.4 Å². The number of amides is 1. The first-order chi connectivity index (χ1) is 16.6. The molecule has 0 aliphatic heterocycles. The fraction of sp³-hybridized carbons (Fsp3) is 0.407. The molecule has 0 fully saturated rings. The molecule has 8 heteroatoms. The van der Waals surface area contributed by atoms with Crippen LogP contribution in [-0.2, 0) is 6.42 Å². The maximum Gasteiger partial charge on any atom is 0.408 e. The molecule has 1 aromatic heterocycles. The van der Waals surface area contributed by atoms with Crippen molar-refractivity contribution in [1.82, 2.24) is 15.0 Å². The molecule has 1 N–H and O–H groups in total. The van der Waals surface area contributed by atoms with Crippen LogP contribution in [0.15, 0.2) is 40.9 Å². The Morgan fingerprint density at radius 1 is 1.29 bits per heavy atom. The summed E-state index contributed by atoms with van der Waals surface area (Å²) in [6.07, 6.45) is 1.46. The Kier molecular flexibility index (Phi) is 6.53. The first-order valence-electron chi connectivity index (χ1n) is 11.8. The molecule has 0 spiro atoms. The second kappa shape index (κ2) is 9.41. The molecule has 182 valence electrons. The fourth-order valence-corrected chi connectivity index (χ4v) is 4.75. The lowest BCUT2D eigenvalue weighted by Gasteiger charge is -2.42. The largest absolute Gasteiger partial charge is 0.490 e. The van der Waals surface area contributed by atoms with Crippen LogP contribution in [0.4, 0.5) is 4.79 Å². The minimum absolute atomic E-state index is 0.0497. The fourth-order valence-electron chi connectivity index (χ4n) is 4.75. The summed E-state index contributed by atoms with van der Waals surface area (Å²) in [6.45, 7) is 9.55. The molecule has 0 saturated carbocycles. The van der Waals surface area contributed by atoms with Crippen molar-refractivity contribution in [1.29, 1.82) is 5.26 Å². The molecule has 1 amide bonds. The third-order valence-electron chi connectivity index (χ3n) is 6.09. The van der Waals surface area contributed by atoms with E-state index in [4.69, 9.17) is 9.26 Å². The van der Waals surface area contributed by atoms with E-state index in [1.165, 1.54) is 0 Å². The Hall–Kier alpha value is -3.86. The van der Waals surface area contributed by atoms with Crippen LogP contribution in [0.3, 0.4) is 0 Å². The van der Waals surface area contributed by atoms with Crippen LogP contribution in [0.2, 0.25) is 0 Å². The molecule has 0 unspecified atom stereocenters. The normalized spacial score (nSPS) is 15.4. The van der Waals surface area contributed by atoms with E-state index in [2.05, 4.69) is 16.2 Å². The molecule has 35 heavy (non-hydrogen) atoms. The zero-order valence-electron chi connectivity index (χ0n) is 20.7. The topological polar surface area (TPSA) is 112 Å². The summed E-state index contributed by atoms with van der Waals surface area (Å²) in [7, 11) is 0. The molecule has 8 nitrogen and oxygen atoms in total. The van der Waals surface area contributed by atoms with Crippen molar-refractivity contribution in [2.75, 3.05) is 0 Å². The summed E-state index contributed by atoms with van der Waals surface area (Å²) < 4.78 is 11.3. The number of nitriles is 1. The van der Waals surface area contributed by atoms with Gasteiger partial charge in [0.25, 0.3) is 5.89 Å². The second-order valence-corrected chi connectivity index (χ2v) is 10.0. The van der Waals surface area contributed by atoms with E-state index >= 15 is 0 Å². The summed E-state index contributed by atoms with van der Waals surface area (Å²) in [6, 6.07) is 13.0. The lowest BCUT2D eigenvalue weighted by Crippen LogP contribution is -2.48. The van der Waals surface area contributed by atoms with Crippen LogP contribution in [0, 0.1) is 11.3 Å². The third-order valence-corrected chi connectivity index (χ3v) is 6.09. The number of aromatic nitrogens is 2. The van der Waals surface area contributed by atoms with Crippen LogP contribution in [0.1, 0.15) is 70.2 Å². The molecule has 1 aliphatic rings. The van der Waals surface area contributed by atoms with Gasteiger partial charge in [-0.1, -0.05) is 23.4 Å². The number of carboxylic acid groups (broad SMARTS) is 1. The number of ether oxygens (including phenoxy) is 1. The van der Waals surface area contributed by atoms with Gasteiger partial charge in [0, 0.05) is 16.7 Å². The van der Waals surface area contributed by atoms with Gasteiger partial charge in [0.2, 0.25) is 5.82 Å². The van der Waals surface area contributed by atoms with Crippen molar-refractivity contribution in [2.45, 2.75) is 71.6 Å². The molecule has 4 rings (SSSR count). The minimum Gasteiger partial charge on any atom is -0.490 e. The van der Waals surface area contributed by atoms with E-state index in [1.807, 2.05) is 52.8 Å². The smallest absolute Gasteiger partial charge is 0.408 e. The molecule has 3 aromatic rings. The van der Waals surface area contributed by atoms with E-state index in [0.29, 0.717) is 28.6 Å². The number of carbonyl (C=O) groups is 1. The number of fused-ring (bicyclic) bond motifs is 1.